The van der Waals surface area contributed by atoms with Crippen LogP contribution in [0.2, 0.25) is 0 Å². The van der Waals surface area contributed by atoms with Crippen molar-refractivity contribution < 1.29 is 17.2 Å². The summed E-state index contributed by atoms with van der Waals surface area (Å²) in [4.78, 5) is -0.645. The summed E-state index contributed by atoms with van der Waals surface area (Å²) in [6, 6.07) is 2.83. The molecule has 0 saturated carbocycles. The molecule has 2 N–H and O–H groups in total. The molecule has 0 bridgehead atoms. The van der Waals surface area contributed by atoms with E-state index in [2.05, 4.69) is 10.0 Å². The summed E-state index contributed by atoms with van der Waals surface area (Å²) in [5.74, 6) is -2.51. The van der Waals surface area contributed by atoms with Gasteiger partial charge in [-0.05, 0) is 31.5 Å². The Hall–Kier alpha value is -1.05. The van der Waals surface area contributed by atoms with E-state index < -0.39 is 26.6 Å². The highest BCUT2D eigenvalue weighted by Gasteiger charge is 2.25. The standard InChI is InChI=1S/C11H14F2N2O2S/c12-9-4-1-5-10(11(9)13)18(16,17)15-8-3-2-6-14-7-8/h1,4-5,8,14-15H,2-3,6-7H2. The van der Waals surface area contributed by atoms with Crippen molar-refractivity contribution in [3.8, 4) is 0 Å². The molecule has 1 unspecified atom stereocenters. The van der Waals surface area contributed by atoms with E-state index in [-0.39, 0.29) is 6.04 Å². The fraction of sp³-hybridized carbons (Fsp3) is 0.455. The molecule has 18 heavy (non-hydrogen) atoms. The molecule has 4 nitrogen and oxygen atoms in total. The van der Waals surface area contributed by atoms with Crippen LogP contribution in [0.25, 0.3) is 0 Å². The molecule has 1 aromatic rings. The third-order valence-electron chi connectivity index (χ3n) is 2.82. The Morgan fingerprint density at radius 2 is 2.11 bits per heavy atom. The lowest BCUT2D eigenvalue weighted by molar-refractivity contribution is 0.426. The van der Waals surface area contributed by atoms with Crippen LogP contribution in [0.1, 0.15) is 12.8 Å². The lowest BCUT2D eigenvalue weighted by Gasteiger charge is -2.23. The lowest BCUT2D eigenvalue weighted by Crippen LogP contribution is -2.45. The first kappa shape index (κ1) is 13.4. The Morgan fingerprint density at radius 1 is 1.33 bits per heavy atom. The van der Waals surface area contributed by atoms with Crippen LogP contribution < -0.4 is 10.0 Å². The zero-order chi connectivity index (χ0) is 13.2. The average molecular weight is 276 g/mol. The van der Waals surface area contributed by atoms with Gasteiger partial charge in [0, 0.05) is 12.6 Å². The fourth-order valence-corrected chi connectivity index (χ4v) is 3.29. The van der Waals surface area contributed by atoms with Crippen molar-refractivity contribution in [1.82, 2.24) is 10.0 Å². The van der Waals surface area contributed by atoms with Gasteiger partial charge in [0.05, 0.1) is 0 Å². The molecule has 1 saturated heterocycles. The maximum Gasteiger partial charge on any atom is 0.243 e. The van der Waals surface area contributed by atoms with Gasteiger partial charge in [0.1, 0.15) is 4.90 Å². The van der Waals surface area contributed by atoms with E-state index in [4.69, 9.17) is 0 Å². The third-order valence-corrected chi connectivity index (χ3v) is 4.36. The molecule has 1 aliphatic rings. The highest BCUT2D eigenvalue weighted by atomic mass is 32.2. The predicted molar refractivity (Wildman–Crippen MR) is 62.6 cm³/mol. The number of nitrogens with one attached hydrogen (secondary N) is 2. The van der Waals surface area contributed by atoms with Gasteiger partial charge in [-0.15, -0.1) is 0 Å². The van der Waals surface area contributed by atoms with E-state index in [0.717, 1.165) is 25.1 Å². The molecule has 1 fully saturated rings. The van der Waals surface area contributed by atoms with Gasteiger partial charge in [0.2, 0.25) is 10.0 Å². The second-order valence-corrected chi connectivity index (χ2v) is 5.90. The molecule has 0 aromatic heterocycles. The normalized spacial score (nSPS) is 20.9. The molecule has 1 heterocycles. The molecule has 100 valence electrons. The first-order chi connectivity index (χ1) is 8.50. The van der Waals surface area contributed by atoms with Crippen molar-refractivity contribution in [3.05, 3.63) is 29.8 Å². The Morgan fingerprint density at radius 3 is 2.78 bits per heavy atom. The van der Waals surface area contributed by atoms with Crippen molar-refractivity contribution in [2.75, 3.05) is 13.1 Å². The second-order valence-electron chi connectivity index (χ2n) is 4.22. The van der Waals surface area contributed by atoms with Crippen LogP contribution in [0, 0.1) is 11.6 Å². The van der Waals surface area contributed by atoms with Gasteiger partial charge < -0.3 is 5.32 Å². The summed E-state index contributed by atoms with van der Waals surface area (Å²) in [6.45, 7) is 1.34. The predicted octanol–water partition coefficient (Wildman–Crippen LogP) is 0.995. The number of rotatable bonds is 3. The van der Waals surface area contributed by atoms with Gasteiger partial charge in [0.15, 0.2) is 11.6 Å². The molecular weight excluding hydrogens is 262 g/mol. The summed E-state index contributed by atoms with van der Waals surface area (Å²) in [5, 5.41) is 3.04. The molecule has 1 atom stereocenters. The fourth-order valence-electron chi connectivity index (χ4n) is 1.93. The van der Waals surface area contributed by atoms with Gasteiger partial charge >= 0.3 is 0 Å². The highest BCUT2D eigenvalue weighted by Crippen LogP contribution is 2.17. The molecule has 1 aliphatic heterocycles. The minimum Gasteiger partial charge on any atom is -0.315 e. The summed E-state index contributed by atoms with van der Waals surface area (Å²) in [5.41, 5.74) is 0. The number of hydrogen-bond acceptors (Lipinski definition) is 3. The highest BCUT2D eigenvalue weighted by molar-refractivity contribution is 7.89. The van der Waals surface area contributed by atoms with Gasteiger partial charge in [-0.1, -0.05) is 6.07 Å². The number of piperidine rings is 1. The van der Waals surface area contributed by atoms with E-state index in [1.807, 2.05) is 0 Å². The molecule has 1 aromatic carbocycles. The van der Waals surface area contributed by atoms with E-state index in [0.29, 0.717) is 13.0 Å². The number of sulfonamides is 1. The second kappa shape index (κ2) is 5.29. The zero-order valence-corrected chi connectivity index (χ0v) is 10.4. The summed E-state index contributed by atoms with van der Waals surface area (Å²) in [7, 11) is -4.02. The SMILES string of the molecule is O=S(=O)(NC1CCCNC1)c1cccc(F)c1F. The van der Waals surface area contributed by atoms with Gasteiger partial charge in [0.25, 0.3) is 0 Å². The Kier molecular flexibility index (Phi) is 3.94. The smallest absolute Gasteiger partial charge is 0.243 e. The van der Waals surface area contributed by atoms with E-state index in [9.17, 15) is 17.2 Å². The third kappa shape index (κ3) is 2.85. The van der Waals surface area contributed by atoms with Crippen LogP contribution >= 0.6 is 0 Å². The van der Waals surface area contributed by atoms with Crippen molar-refractivity contribution in [1.29, 1.82) is 0 Å². The summed E-state index contributed by atoms with van der Waals surface area (Å²) >= 11 is 0. The van der Waals surface area contributed by atoms with Crippen LogP contribution in [-0.4, -0.2) is 27.5 Å². The molecule has 7 heteroatoms. The summed E-state index contributed by atoms with van der Waals surface area (Å²) in [6.07, 6.45) is 1.53. The van der Waals surface area contributed by atoms with Crippen LogP contribution in [0.15, 0.2) is 23.1 Å². The number of halogens is 2. The Bertz CT molecular complexity index is 528. The molecule has 0 spiro atoms. The first-order valence-electron chi connectivity index (χ1n) is 5.68. The van der Waals surface area contributed by atoms with Gasteiger partial charge in [-0.2, -0.15) is 0 Å². The van der Waals surface area contributed by atoms with Crippen molar-refractivity contribution in [3.63, 3.8) is 0 Å². The van der Waals surface area contributed by atoms with Crippen molar-refractivity contribution in [2.24, 2.45) is 0 Å². The molecule has 0 aliphatic carbocycles. The van der Waals surface area contributed by atoms with E-state index in [1.165, 1.54) is 6.07 Å². The zero-order valence-electron chi connectivity index (χ0n) is 9.62. The average Bonchev–Trinajstić information content (AvgIpc) is 2.33. The number of benzene rings is 1. The van der Waals surface area contributed by atoms with Crippen molar-refractivity contribution >= 4 is 10.0 Å². The van der Waals surface area contributed by atoms with Gasteiger partial charge in [-0.3, -0.25) is 0 Å². The lowest BCUT2D eigenvalue weighted by atomic mass is 10.1. The minimum atomic E-state index is -4.02. The Labute approximate surface area is 104 Å². The molecule has 2 rings (SSSR count). The molecular formula is C11H14F2N2O2S. The first-order valence-corrected chi connectivity index (χ1v) is 7.16. The minimum absolute atomic E-state index is 0.286. The van der Waals surface area contributed by atoms with Crippen LogP contribution in [0.4, 0.5) is 8.78 Å². The van der Waals surface area contributed by atoms with Crippen LogP contribution in [0.3, 0.4) is 0 Å². The monoisotopic (exact) mass is 276 g/mol. The van der Waals surface area contributed by atoms with Crippen LogP contribution in [-0.2, 0) is 10.0 Å². The quantitative estimate of drug-likeness (QED) is 0.866. The number of hydrogen-bond donors (Lipinski definition) is 2. The summed E-state index contributed by atoms with van der Waals surface area (Å²) < 4.78 is 52.7. The maximum atomic E-state index is 13.4. The van der Waals surface area contributed by atoms with E-state index in [1.54, 1.807) is 0 Å². The molecule has 0 amide bonds. The van der Waals surface area contributed by atoms with Crippen LogP contribution in [0.5, 0.6) is 0 Å². The molecule has 0 radical (unpaired) electrons. The van der Waals surface area contributed by atoms with Gasteiger partial charge in [-0.25, -0.2) is 21.9 Å². The van der Waals surface area contributed by atoms with Crippen molar-refractivity contribution in [2.45, 2.75) is 23.8 Å². The largest absolute Gasteiger partial charge is 0.315 e. The maximum absolute atomic E-state index is 13.4. The Balaban J connectivity index is 2.22. The van der Waals surface area contributed by atoms with E-state index >= 15 is 0 Å². The topological polar surface area (TPSA) is 58.2 Å².